The standard InChI is InChI=1S/C8H8BrNO2S/c9-7-5-3-1-2-4-6(5)13-8(7)10(11)12/h1-4H2. The van der Waals surface area contributed by atoms with Gasteiger partial charge >= 0.3 is 5.00 Å². The van der Waals surface area contributed by atoms with E-state index >= 15 is 0 Å². The Morgan fingerprint density at radius 3 is 2.69 bits per heavy atom. The average molecular weight is 262 g/mol. The molecule has 0 saturated heterocycles. The van der Waals surface area contributed by atoms with Gasteiger partial charge in [-0.15, -0.1) is 0 Å². The molecular formula is C8H8BrNO2S. The summed E-state index contributed by atoms with van der Waals surface area (Å²) >= 11 is 4.63. The average Bonchev–Trinajstić information content (AvgIpc) is 2.45. The van der Waals surface area contributed by atoms with Gasteiger partial charge in [-0.1, -0.05) is 11.3 Å². The summed E-state index contributed by atoms with van der Waals surface area (Å²) in [6, 6.07) is 0. The molecule has 0 aromatic carbocycles. The van der Waals surface area contributed by atoms with Crippen LogP contribution >= 0.6 is 27.3 Å². The molecule has 70 valence electrons. The summed E-state index contributed by atoms with van der Waals surface area (Å²) in [7, 11) is 0. The predicted molar refractivity (Wildman–Crippen MR) is 55.3 cm³/mol. The number of fused-ring (bicyclic) bond motifs is 1. The van der Waals surface area contributed by atoms with Crippen molar-refractivity contribution in [3.8, 4) is 0 Å². The lowest BCUT2D eigenvalue weighted by Crippen LogP contribution is -1.97. The van der Waals surface area contributed by atoms with E-state index in [4.69, 9.17) is 0 Å². The van der Waals surface area contributed by atoms with Gasteiger partial charge in [0.15, 0.2) is 0 Å². The summed E-state index contributed by atoms with van der Waals surface area (Å²) in [5.74, 6) is 0. The lowest BCUT2D eigenvalue weighted by Gasteiger charge is -2.09. The summed E-state index contributed by atoms with van der Waals surface area (Å²) in [5, 5.41) is 10.9. The smallest absolute Gasteiger partial charge is 0.258 e. The number of thiophene rings is 1. The van der Waals surface area contributed by atoms with E-state index in [0.717, 1.165) is 30.2 Å². The number of nitro groups is 1. The Labute approximate surface area is 88.0 Å². The molecule has 0 amide bonds. The molecule has 1 aliphatic carbocycles. The van der Waals surface area contributed by atoms with E-state index in [1.807, 2.05) is 0 Å². The van der Waals surface area contributed by atoms with Gasteiger partial charge in [0.2, 0.25) is 0 Å². The third-order valence-corrected chi connectivity index (χ3v) is 4.62. The number of aryl methyl sites for hydroxylation is 1. The maximum absolute atomic E-state index is 10.6. The molecule has 5 heteroatoms. The first kappa shape index (κ1) is 9.15. The normalized spacial score (nSPS) is 15.5. The zero-order valence-corrected chi connectivity index (χ0v) is 9.28. The number of rotatable bonds is 1. The summed E-state index contributed by atoms with van der Waals surface area (Å²) in [5.41, 5.74) is 1.17. The molecule has 0 atom stereocenters. The van der Waals surface area contributed by atoms with Crippen molar-refractivity contribution in [2.45, 2.75) is 25.7 Å². The van der Waals surface area contributed by atoms with Crippen LogP contribution in [-0.2, 0) is 12.8 Å². The van der Waals surface area contributed by atoms with Crippen LogP contribution in [-0.4, -0.2) is 4.92 Å². The van der Waals surface area contributed by atoms with E-state index < -0.39 is 0 Å². The lowest BCUT2D eigenvalue weighted by molar-refractivity contribution is -0.381. The van der Waals surface area contributed by atoms with Crippen molar-refractivity contribution >= 4 is 32.3 Å². The maximum atomic E-state index is 10.6. The first-order chi connectivity index (χ1) is 6.20. The molecule has 0 spiro atoms. The number of nitrogens with zero attached hydrogens (tertiary/aromatic N) is 1. The molecule has 0 aliphatic heterocycles. The Morgan fingerprint density at radius 1 is 1.38 bits per heavy atom. The van der Waals surface area contributed by atoms with Gasteiger partial charge in [-0.3, -0.25) is 10.1 Å². The zero-order chi connectivity index (χ0) is 9.42. The second-order valence-corrected chi connectivity index (χ2v) is 4.96. The minimum absolute atomic E-state index is 0.270. The Kier molecular flexibility index (Phi) is 2.38. The monoisotopic (exact) mass is 261 g/mol. The molecule has 1 aliphatic rings. The van der Waals surface area contributed by atoms with Crippen molar-refractivity contribution in [2.75, 3.05) is 0 Å². The number of halogens is 1. The van der Waals surface area contributed by atoms with Crippen molar-refractivity contribution in [1.82, 2.24) is 0 Å². The first-order valence-electron chi connectivity index (χ1n) is 4.14. The molecule has 0 fully saturated rings. The van der Waals surface area contributed by atoms with Gasteiger partial charge in [-0.05, 0) is 47.2 Å². The van der Waals surface area contributed by atoms with Crippen LogP contribution in [0.4, 0.5) is 5.00 Å². The van der Waals surface area contributed by atoms with Gasteiger partial charge in [0.25, 0.3) is 0 Å². The van der Waals surface area contributed by atoms with E-state index in [1.54, 1.807) is 0 Å². The fourth-order valence-corrected chi connectivity index (χ4v) is 3.68. The fourth-order valence-electron chi connectivity index (χ4n) is 1.63. The summed E-state index contributed by atoms with van der Waals surface area (Å²) in [6.07, 6.45) is 4.31. The Hall–Kier alpha value is -0.420. The highest BCUT2D eigenvalue weighted by atomic mass is 79.9. The van der Waals surface area contributed by atoms with Gasteiger partial charge in [0.05, 0.1) is 4.92 Å². The van der Waals surface area contributed by atoms with E-state index in [1.165, 1.54) is 21.8 Å². The molecule has 1 aromatic heterocycles. The maximum Gasteiger partial charge on any atom is 0.338 e. The molecule has 3 nitrogen and oxygen atoms in total. The van der Waals surface area contributed by atoms with Crippen LogP contribution in [0.25, 0.3) is 0 Å². The second-order valence-electron chi connectivity index (χ2n) is 3.09. The highest BCUT2D eigenvalue weighted by molar-refractivity contribution is 9.10. The van der Waals surface area contributed by atoms with Crippen molar-refractivity contribution in [1.29, 1.82) is 0 Å². The second kappa shape index (κ2) is 3.38. The molecule has 13 heavy (non-hydrogen) atoms. The molecule has 1 aromatic rings. The van der Waals surface area contributed by atoms with Crippen molar-refractivity contribution < 1.29 is 4.92 Å². The predicted octanol–water partition coefficient (Wildman–Crippen LogP) is 3.30. The highest BCUT2D eigenvalue weighted by Crippen LogP contribution is 2.42. The third-order valence-electron chi connectivity index (χ3n) is 2.26. The molecule has 0 bridgehead atoms. The third kappa shape index (κ3) is 1.50. The van der Waals surface area contributed by atoms with Crippen LogP contribution in [0.1, 0.15) is 23.3 Å². The highest BCUT2D eigenvalue weighted by Gasteiger charge is 2.25. The summed E-state index contributed by atoms with van der Waals surface area (Å²) < 4.78 is 0.720. The molecule has 0 radical (unpaired) electrons. The van der Waals surface area contributed by atoms with Gasteiger partial charge in [-0.2, -0.15) is 0 Å². The van der Waals surface area contributed by atoms with E-state index in [9.17, 15) is 10.1 Å². The van der Waals surface area contributed by atoms with Crippen LogP contribution in [0.15, 0.2) is 4.47 Å². The van der Waals surface area contributed by atoms with Crippen molar-refractivity contribution in [3.05, 3.63) is 25.0 Å². The van der Waals surface area contributed by atoms with Crippen LogP contribution in [0.3, 0.4) is 0 Å². The fraction of sp³-hybridized carbons (Fsp3) is 0.500. The summed E-state index contributed by atoms with van der Waals surface area (Å²) in [4.78, 5) is 11.5. The Balaban J connectivity index is 2.50. The van der Waals surface area contributed by atoms with E-state index in [2.05, 4.69) is 15.9 Å². The largest absolute Gasteiger partial charge is 0.338 e. The van der Waals surface area contributed by atoms with Crippen molar-refractivity contribution in [3.63, 3.8) is 0 Å². The van der Waals surface area contributed by atoms with Crippen molar-refractivity contribution in [2.24, 2.45) is 0 Å². The minimum Gasteiger partial charge on any atom is -0.258 e. The number of hydrogen-bond acceptors (Lipinski definition) is 3. The molecule has 0 N–H and O–H groups in total. The van der Waals surface area contributed by atoms with E-state index in [0.29, 0.717) is 0 Å². The Bertz CT molecular complexity index is 361. The van der Waals surface area contributed by atoms with Crippen LogP contribution < -0.4 is 0 Å². The number of hydrogen-bond donors (Lipinski definition) is 0. The topological polar surface area (TPSA) is 43.1 Å². The first-order valence-corrected chi connectivity index (χ1v) is 5.75. The van der Waals surface area contributed by atoms with Gasteiger partial charge in [0, 0.05) is 4.88 Å². The van der Waals surface area contributed by atoms with Crippen LogP contribution in [0, 0.1) is 10.1 Å². The van der Waals surface area contributed by atoms with E-state index in [-0.39, 0.29) is 9.92 Å². The molecular weight excluding hydrogens is 254 g/mol. The Morgan fingerprint density at radius 2 is 2.08 bits per heavy atom. The quantitative estimate of drug-likeness (QED) is 0.575. The minimum atomic E-state index is -0.299. The van der Waals surface area contributed by atoms with Gasteiger partial charge in [-0.25, -0.2) is 0 Å². The lowest BCUT2D eigenvalue weighted by atomic mass is 10.00. The molecule has 2 rings (SSSR count). The van der Waals surface area contributed by atoms with Crippen LogP contribution in [0.2, 0.25) is 0 Å². The van der Waals surface area contributed by atoms with Gasteiger partial charge in [0.1, 0.15) is 4.47 Å². The van der Waals surface area contributed by atoms with Crippen LogP contribution in [0.5, 0.6) is 0 Å². The molecule has 1 heterocycles. The molecule has 0 unspecified atom stereocenters. The zero-order valence-electron chi connectivity index (χ0n) is 6.88. The summed E-state index contributed by atoms with van der Waals surface area (Å²) in [6.45, 7) is 0. The SMILES string of the molecule is O=[N+]([O-])c1sc2c(c1Br)CCCC2. The molecule has 0 saturated carbocycles. The van der Waals surface area contributed by atoms with Gasteiger partial charge < -0.3 is 0 Å².